The second-order valence-corrected chi connectivity index (χ2v) is 5.91. The summed E-state index contributed by atoms with van der Waals surface area (Å²) in [6.45, 7) is 3.92. The molecule has 0 unspecified atom stereocenters. The van der Waals surface area contributed by atoms with Crippen molar-refractivity contribution in [1.29, 1.82) is 0 Å². The lowest BCUT2D eigenvalue weighted by Gasteiger charge is -2.10. The Morgan fingerprint density at radius 1 is 1.04 bits per heavy atom. The summed E-state index contributed by atoms with van der Waals surface area (Å²) in [4.78, 5) is 15.3. The van der Waals surface area contributed by atoms with E-state index in [1.54, 1.807) is 0 Å². The number of hydrogen-bond donors (Lipinski definition) is 1. The Balaban J connectivity index is 1.57. The SMILES string of the molecule is Cc1cccc(C)c1OC(=O)CCCc1c[nH]c2ccccc12. The monoisotopic (exact) mass is 307 g/mol. The number of benzene rings is 2. The first-order valence-corrected chi connectivity index (χ1v) is 7.97. The fraction of sp³-hybridized carbons (Fsp3) is 0.250. The first-order valence-electron chi connectivity index (χ1n) is 7.97. The maximum atomic E-state index is 12.1. The third kappa shape index (κ3) is 3.45. The van der Waals surface area contributed by atoms with Crippen LogP contribution in [0.2, 0.25) is 0 Å². The highest BCUT2D eigenvalue weighted by molar-refractivity contribution is 5.83. The Kier molecular flexibility index (Phi) is 4.47. The van der Waals surface area contributed by atoms with Crippen LogP contribution >= 0.6 is 0 Å². The van der Waals surface area contributed by atoms with Crippen LogP contribution in [0.4, 0.5) is 0 Å². The summed E-state index contributed by atoms with van der Waals surface area (Å²) in [5, 5.41) is 1.23. The molecule has 3 rings (SSSR count). The lowest BCUT2D eigenvalue weighted by Crippen LogP contribution is -2.09. The molecule has 0 saturated carbocycles. The van der Waals surface area contributed by atoms with E-state index in [-0.39, 0.29) is 5.97 Å². The van der Waals surface area contributed by atoms with Gasteiger partial charge in [0.2, 0.25) is 0 Å². The third-order valence-electron chi connectivity index (χ3n) is 4.13. The van der Waals surface area contributed by atoms with Crippen molar-refractivity contribution in [3.05, 3.63) is 65.4 Å². The number of para-hydroxylation sites is 2. The molecule has 0 aliphatic rings. The summed E-state index contributed by atoms with van der Waals surface area (Å²) >= 11 is 0. The van der Waals surface area contributed by atoms with Gasteiger partial charge in [-0.2, -0.15) is 0 Å². The minimum atomic E-state index is -0.165. The van der Waals surface area contributed by atoms with Gasteiger partial charge in [-0.15, -0.1) is 0 Å². The first-order chi connectivity index (χ1) is 11.1. The van der Waals surface area contributed by atoms with Gasteiger partial charge in [0.15, 0.2) is 0 Å². The molecule has 0 radical (unpaired) electrons. The number of aryl methyl sites for hydroxylation is 3. The van der Waals surface area contributed by atoms with Gasteiger partial charge in [0, 0.05) is 23.5 Å². The van der Waals surface area contributed by atoms with Gasteiger partial charge in [-0.25, -0.2) is 0 Å². The number of fused-ring (bicyclic) bond motifs is 1. The molecule has 2 aromatic carbocycles. The Hall–Kier alpha value is -2.55. The quantitative estimate of drug-likeness (QED) is 0.548. The Bertz CT molecular complexity index is 812. The van der Waals surface area contributed by atoms with E-state index >= 15 is 0 Å². The van der Waals surface area contributed by atoms with E-state index in [2.05, 4.69) is 17.1 Å². The van der Waals surface area contributed by atoms with Crippen molar-refractivity contribution in [2.45, 2.75) is 33.1 Å². The molecule has 1 N–H and O–H groups in total. The van der Waals surface area contributed by atoms with Gasteiger partial charge >= 0.3 is 5.97 Å². The largest absolute Gasteiger partial charge is 0.426 e. The summed E-state index contributed by atoms with van der Waals surface area (Å²) in [5.74, 6) is 0.534. The average molecular weight is 307 g/mol. The zero-order valence-electron chi connectivity index (χ0n) is 13.6. The Morgan fingerprint density at radius 3 is 2.57 bits per heavy atom. The number of rotatable bonds is 5. The topological polar surface area (TPSA) is 42.1 Å². The summed E-state index contributed by atoms with van der Waals surface area (Å²) in [5.41, 5.74) is 4.38. The van der Waals surface area contributed by atoms with E-state index in [0.29, 0.717) is 12.2 Å². The van der Waals surface area contributed by atoms with Gasteiger partial charge in [0.1, 0.15) is 5.75 Å². The van der Waals surface area contributed by atoms with E-state index in [9.17, 15) is 4.79 Å². The van der Waals surface area contributed by atoms with Crippen LogP contribution in [0.3, 0.4) is 0 Å². The summed E-state index contributed by atoms with van der Waals surface area (Å²) in [7, 11) is 0. The van der Waals surface area contributed by atoms with Crippen molar-refractivity contribution in [2.24, 2.45) is 0 Å². The van der Waals surface area contributed by atoms with Gasteiger partial charge < -0.3 is 9.72 Å². The molecule has 3 heteroatoms. The smallest absolute Gasteiger partial charge is 0.311 e. The number of carbonyl (C=O) groups excluding carboxylic acids is 1. The molecule has 3 nitrogen and oxygen atoms in total. The van der Waals surface area contributed by atoms with Crippen LogP contribution in [-0.4, -0.2) is 11.0 Å². The molecule has 0 fully saturated rings. The van der Waals surface area contributed by atoms with Crippen molar-refractivity contribution in [3.8, 4) is 5.75 Å². The fourth-order valence-electron chi connectivity index (χ4n) is 2.89. The molecule has 0 amide bonds. The molecule has 3 aromatic rings. The van der Waals surface area contributed by atoms with Crippen LogP contribution in [0.25, 0.3) is 10.9 Å². The van der Waals surface area contributed by atoms with Gasteiger partial charge in [0.05, 0.1) is 0 Å². The lowest BCUT2D eigenvalue weighted by molar-refractivity contribution is -0.134. The molecule has 0 aliphatic heterocycles. The summed E-state index contributed by atoms with van der Waals surface area (Å²) in [6, 6.07) is 14.1. The van der Waals surface area contributed by atoms with Crippen LogP contribution in [0.15, 0.2) is 48.7 Å². The van der Waals surface area contributed by atoms with Crippen molar-refractivity contribution >= 4 is 16.9 Å². The lowest BCUT2D eigenvalue weighted by atomic mass is 10.1. The normalized spacial score (nSPS) is 10.9. The highest BCUT2D eigenvalue weighted by atomic mass is 16.5. The van der Waals surface area contributed by atoms with E-state index in [1.807, 2.05) is 50.4 Å². The van der Waals surface area contributed by atoms with Crippen LogP contribution < -0.4 is 4.74 Å². The maximum absolute atomic E-state index is 12.1. The van der Waals surface area contributed by atoms with Crippen LogP contribution in [0.1, 0.15) is 29.5 Å². The number of aromatic nitrogens is 1. The second kappa shape index (κ2) is 6.69. The molecule has 0 bridgehead atoms. The number of ether oxygens (including phenoxy) is 1. The Labute approximate surface area is 136 Å². The number of esters is 1. The molecule has 23 heavy (non-hydrogen) atoms. The van der Waals surface area contributed by atoms with Crippen LogP contribution in [0, 0.1) is 13.8 Å². The summed E-state index contributed by atoms with van der Waals surface area (Å²) in [6.07, 6.45) is 4.10. The molecule has 0 spiro atoms. The molecule has 1 heterocycles. The van der Waals surface area contributed by atoms with E-state index < -0.39 is 0 Å². The average Bonchev–Trinajstić information content (AvgIpc) is 2.95. The molecule has 0 saturated heterocycles. The van der Waals surface area contributed by atoms with E-state index in [1.165, 1.54) is 10.9 Å². The number of aromatic amines is 1. The number of nitrogens with one attached hydrogen (secondary N) is 1. The molecule has 0 aliphatic carbocycles. The predicted molar refractivity (Wildman–Crippen MR) is 92.8 cm³/mol. The summed E-state index contributed by atoms with van der Waals surface area (Å²) < 4.78 is 5.54. The molecular weight excluding hydrogens is 286 g/mol. The minimum absolute atomic E-state index is 0.165. The predicted octanol–water partition coefficient (Wildman–Crippen LogP) is 4.71. The van der Waals surface area contributed by atoms with Crippen LogP contribution in [0.5, 0.6) is 5.75 Å². The zero-order valence-corrected chi connectivity index (χ0v) is 13.6. The van der Waals surface area contributed by atoms with Crippen molar-refractivity contribution < 1.29 is 9.53 Å². The molecule has 0 atom stereocenters. The zero-order chi connectivity index (χ0) is 16.2. The van der Waals surface area contributed by atoms with E-state index in [4.69, 9.17) is 4.74 Å². The minimum Gasteiger partial charge on any atom is -0.426 e. The number of hydrogen-bond acceptors (Lipinski definition) is 2. The standard InChI is InChI=1S/C20H21NO2/c1-14-7-5-8-15(2)20(14)23-19(22)12-6-9-16-13-21-18-11-4-3-10-17(16)18/h3-5,7-8,10-11,13,21H,6,9,12H2,1-2H3. The molecular formula is C20H21NO2. The highest BCUT2D eigenvalue weighted by Crippen LogP contribution is 2.23. The van der Waals surface area contributed by atoms with Crippen molar-refractivity contribution in [2.75, 3.05) is 0 Å². The van der Waals surface area contributed by atoms with Gasteiger partial charge in [0.25, 0.3) is 0 Å². The molecule has 1 aromatic heterocycles. The van der Waals surface area contributed by atoms with Gasteiger partial charge in [-0.3, -0.25) is 4.79 Å². The fourth-order valence-corrected chi connectivity index (χ4v) is 2.89. The number of carbonyl (C=O) groups is 1. The van der Waals surface area contributed by atoms with Gasteiger partial charge in [-0.05, 0) is 49.4 Å². The van der Waals surface area contributed by atoms with E-state index in [0.717, 1.165) is 29.5 Å². The van der Waals surface area contributed by atoms with Crippen molar-refractivity contribution in [1.82, 2.24) is 4.98 Å². The maximum Gasteiger partial charge on any atom is 0.311 e. The number of H-pyrrole nitrogens is 1. The highest BCUT2D eigenvalue weighted by Gasteiger charge is 2.10. The molecule has 118 valence electrons. The van der Waals surface area contributed by atoms with Gasteiger partial charge in [-0.1, -0.05) is 36.4 Å². The van der Waals surface area contributed by atoms with Crippen molar-refractivity contribution in [3.63, 3.8) is 0 Å². The third-order valence-corrected chi connectivity index (χ3v) is 4.13. The van der Waals surface area contributed by atoms with Crippen LogP contribution in [-0.2, 0) is 11.2 Å². The second-order valence-electron chi connectivity index (χ2n) is 5.91. The first kappa shape index (κ1) is 15.3. The Morgan fingerprint density at radius 2 is 1.78 bits per heavy atom.